The van der Waals surface area contributed by atoms with Crippen LogP contribution in [0.25, 0.3) is 33.4 Å². The van der Waals surface area contributed by atoms with Crippen LogP contribution < -0.4 is 20.3 Å². The predicted molar refractivity (Wildman–Crippen MR) is 171 cm³/mol. The molecular weight excluding hydrogens is 604 g/mol. The number of hydrogen-bond donors (Lipinski definition) is 2. The van der Waals surface area contributed by atoms with E-state index in [9.17, 15) is 12.8 Å². The number of nitrogens with zero attached hydrogens (tertiary/aromatic N) is 5. The molecule has 0 amide bonds. The van der Waals surface area contributed by atoms with Crippen molar-refractivity contribution in [3.8, 4) is 22.5 Å². The van der Waals surface area contributed by atoms with Gasteiger partial charge in [0.2, 0.25) is 10.0 Å². The Balaban J connectivity index is 1.57. The Morgan fingerprint density at radius 1 is 1.04 bits per heavy atom. The zero-order chi connectivity index (χ0) is 31.6. The SMILES string of the molecule is CC1COCCN1c1nc(-c2ccc(N)nc2)nc2c(N3CCOCC3)cc(-c3cccc(NS(=O)(=O)CCCF)c3F)cc12. The second-order valence-corrected chi connectivity index (χ2v) is 12.9. The fraction of sp³-hybridized carbons (Fsp3) is 0.387. The summed E-state index contributed by atoms with van der Waals surface area (Å²) in [6, 6.07) is 11.8. The number of nitrogens with one attached hydrogen (secondary N) is 1. The van der Waals surface area contributed by atoms with Crippen LogP contribution in [0.1, 0.15) is 13.3 Å². The number of fused-ring (bicyclic) bond motifs is 1. The summed E-state index contributed by atoms with van der Waals surface area (Å²) in [5.41, 5.74) is 8.53. The van der Waals surface area contributed by atoms with Crippen molar-refractivity contribution >= 4 is 43.9 Å². The van der Waals surface area contributed by atoms with Crippen LogP contribution in [0.2, 0.25) is 0 Å². The molecule has 1 unspecified atom stereocenters. The van der Waals surface area contributed by atoms with Gasteiger partial charge in [-0.25, -0.2) is 27.8 Å². The fourth-order valence-corrected chi connectivity index (χ4v) is 6.71. The molecule has 45 heavy (non-hydrogen) atoms. The fourth-order valence-electron chi connectivity index (χ4n) is 5.62. The molecule has 11 nitrogen and oxygen atoms in total. The highest BCUT2D eigenvalue weighted by Gasteiger charge is 2.27. The van der Waals surface area contributed by atoms with Gasteiger partial charge in [0.1, 0.15) is 11.6 Å². The van der Waals surface area contributed by atoms with E-state index < -0.39 is 28.3 Å². The summed E-state index contributed by atoms with van der Waals surface area (Å²) in [4.78, 5) is 18.6. The van der Waals surface area contributed by atoms with Gasteiger partial charge < -0.3 is 25.0 Å². The van der Waals surface area contributed by atoms with Gasteiger partial charge in [-0.1, -0.05) is 12.1 Å². The molecule has 0 spiro atoms. The Morgan fingerprint density at radius 3 is 2.58 bits per heavy atom. The van der Waals surface area contributed by atoms with E-state index in [1.54, 1.807) is 24.4 Å². The molecule has 2 aromatic carbocycles. The Kier molecular flexibility index (Phi) is 8.97. The third-order valence-electron chi connectivity index (χ3n) is 7.92. The zero-order valence-corrected chi connectivity index (χ0v) is 25.7. The largest absolute Gasteiger partial charge is 0.384 e. The quantitative estimate of drug-likeness (QED) is 0.274. The number of aromatic nitrogens is 3. The van der Waals surface area contributed by atoms with Crippen LogP contribution in [-0.4, -0.2) is 87.9 Å². The van der Waals surface area contributed by atoms with Crippen molar-refractivity contribution in [1.82, 2.24) is 15.0 Å². The minimum absolute atomic E-state index is 0.00327. The number of morpholine rings is 2. The number of pyridine rings is 1. The first-order valence-corrected chi connectivity index (χ1v) is 16.5. The lowest BCUT2D eigenvalue weighted by atomic mass is 9.99. The van der Waals surface area contributed by atoms with E-state index >= 15 is 4.39 Å². The lowest BCUT2D eigenvalue weighted by Crippen LogP contribution is -2.44. The molecule has 0 bridgehead atoms. The number of ether oxygens (including phenoxy) is 2. The van der Waals surface area contributed by atoms with Gasteiger partial charge in [0.05, 0.1) is 61.8 Å². The summed E-state index contributed by atoms with van der Waals surface area (Å²) >= 11 is 0. The van der Waals surface area contributed by atoms with Crippen molar-refractivity contribution in [2.24, 2.45) is 0 Å². The summed E-state index contributed by atoms with van der Waals surface area (Å²) in [6.45, 7) is 5.13. The third-order valence-corrected chi connectivity index (χ3v) is 9.28. The number of halogens is 2. The summed E-state index contributed by atoms with van der Waals surface area (Å²) in [7, 11) is -3.94. The van der Waals surface area contributed by atoms with Crippen molar-refractivity contribution in [2.75, 3.05) is 78.7 Å². The average Bonchev–Trinajstić information content (AvgIpc) is 3.05. The van der Waals surface area contributed by atoms with Crippen LogP contribution in [0.5, 0.6) is 0 Å². The highest BCUT2D eigenvalue weighted by Crippen LogP contribution is 2.40. The Labute approximate surface area is 260 Å². The van der Waals surface area contributed by atoms with Crippen molar-refractivity contribution < 1.29 is 26.7 Å². The summed E-state index contributed by atoms with van der Waals surface area (Å²) < 4.78 is 67.4. The smallest absolute Gasteiger partial charge is 0.232 e. The van der Waals surface area contributed by atoms with Crippen LogP contribution in [0.3, 0.4) is 0 Å². The van der Waals surface area contributed by atoms with E-state index in [2.05, 4.69) is 26.4 Å². The number of rotatable bonds is 9. The zero-order valence-electron chi connectivity index (χ0n) is 24.9. The van der Waals surface area contributed by atoms with E-state index in [1.807, 2.05) is 18.2 Å². The van der Waals surface area contributed by atoms with Gasteiger partial charge in [-0.3, -0.25) is 9.11 Å². The van der Waals surface area contributed by atoms with E-state index in [1.165, 1.54) is 6.07 Å². The van der Waals surface area contributed by atoms with Gasteiger partial charge in [0.25, 0.3) is 0 Å². The lowest BCUT2D eigenvalue weighted by Gasteiger charge is -2.36. The van der Waals surface area contributed by atoms with Gasteiger partial charge in [-0.2, -0.15) is 0 Å². The van der Waals surface area contributed by atoms with E-state index in [0.717, 1.165) is 5.69 Å². The minimum Gasteiger partial charge on any atom is -0.384 e. The molecule has 0 saturated carbocycles. The normalized spacial score (nSPS) is 17.5. The van der Waals surface area contributed by atoms with Crippen molar-refractivity contribution in [2.45, 2.75) is 19.4 Å². The van der Waals surface area contributed by atoms with Crippen LogP contribution in [0.4, 0.5) is 31.8 Å². The standard InChI is InChI=1S/C31H35F2N7O4S/c1-20-19-44-14-11-40(20)31-24-16-22(23-4-2-5-25(28(23)33)38-45(41,42)15-3-8-32)17-26(39-9-12-43-13-10-39)29(24)36-30(37-31)21-6-7-27(34)35-18-21/h2,4-7,16-18,20,38H,3,8-15,19H2,1H3,(H2,34,35). The molecule has 0 radical (unpaired) electrons. The molecule has 2 aromatic heterocycles. The molecule has 6 rings (SSSR count). The van der Waals surface area contributed by atoms with Gasteiger partial charge in [-0.05, 0) is 49.2 Å². The average molecular weight is 640 g/mol. The first-order chi connectivity index (χ1) is 21.7. The lowest BCUT2D eigenvalue weighted by molar-refractivity contribution is 0.0987. The minimum atomic E-state index is -3.94. The highest BCUT2D eigenvalue weighted by molar-refractivity contribution is 7.92. The second-order valence-electron chi connectivity index (χ2n) is 11.1. The topological polar surface area (TPSA) is 136 Å². The number of sulfonamides is 1. The molecule has 4 heterocycles. The molecule has 2 aliphatic heterocycles. The van der Waals surface area contributed by atoms with E-state index in [0.29, 0.717) is 85.6 Å². The van der Waals surface area contributed by atoms with E-state index in [-0.39, 0.29) is 23.7 Å². The first kappa shape index (κ1) is 30.9. The first-order valence-electron chi connectivity index (χ1n) is 14.8. The molecule has 14 heteroatoms. The van der Waals surface area contributed by atoms with Crippen LogP contribution in [-0.2, 0) is 19.5 Å². The van der Waals surface area contributed by atoms with Crippen LogP contribution in [0.15, 0.2) is 48.7 Å². The van der Waals surface area contributed by atoms with Crippen molar-refractivity contribution in [3.05, 3.63) is 54.5 Å². The maximum absolute atomic E-state index is 16.1. The highest BCUT2D eigenvalue weighted by atomic mass is 32.2. The van der Waals surface area contributed by atoms with Gasteiger partial charge in [0.15, 0.2) is 11.6 Å². The van der Waals surface area contributed by atoms with Gasteiger partial charge in [-0.15, -0.1) is 0 Å². The summed E-state index contributed by atoms with van der Waals surface area (Å²) in [5.74, 6) is 0.341. The van der Waals surface area contributed by atoms with Crippen LogP contribution >= 0.6 is 0 Å². The van der Waals surface area contributed by atoms with Crippen molar-refractivity contribution in [3.63, 3.8) is 0 Å². The number of hydrogen-bond acceptors (Lipinski definition) is 10. The Morgan fingerprint density at radius 2 is 1.84 bits per heavy atom. The molecule has 2 aliphatic rings. The predicted octanol–water partition coefficient (Wildman–Crippen LogP) is 4.24. The molecule has 0 aliphatic carbocycles. The Bertz CT molecular complexity index is 1790. The second kappa shape index (κ2) is 13.1. The third kappa shape index (κ3) is 6.63. The van der Waals surface area contributed by atoms with Crippen LogP contribution in [0, 0.1) is 5.82 Å². The monoisotopic (exact) mass is 639 g/mol. The summed E-state index contributed by atoms with van der Waals surface area (Å²) in [5, 5.41) is 0.711. The number of benzene rings is 2. The molecule has 238 valence electrons. The number of anilines is 4. The van der Waals surface area contributed by atoms with Gasteiger partial charge >= 0.3 is 0 Å². The van der Waals surface area contributed by atoms with E-state index in [4.69, 9.17) is 25.2 Å². The molecule has 3 N–H and O–H groups in total. The van der Waals surface area contributed by atoms with Gasteiger partial charge in [0, 0.05) is 42.3 Å². The maximum Gasteiger partial charge on any atom is 0.232 e. The molecule has 2 saturated heterocycles. The number of nitrogens with two attached hydrogens (primary N) is 1. The maximum atomic E-state index is 16.1. The number of nitrogen functional groups attached to an aromatic ring is 1. The Hall–Kier alpha value is -4.14. The molecular formula is C31H35F2N7O4S. The number of alkyl halides is 1. The molecule has 1 atom stereocenters. The molecule has 4 aromatic rings. The van der Waals surface area contributed by atoms with Crippen molar-refractivity contribution in [1.29, 1.82) is 0 Å². The molecule has 2 fully saturated rings. The summed E-state index contributed by atoms with van der Waals surface area (Å²) in [6.07, 6.45) is 1.46.